The van der Waals surface area contributed by atoms with Crippen molar-refractivity contribution in [1.29, 1.82) is 0 Å². The Kier molecular flexibility index (Phi) is 3.78. The predicted molar refractivity (Wildman–Crippen MR) is 44.9 cm³/mol. The van der Waals surface area contributed by atoms with Gasteiger partial charge in [-0.2, -0.15) is 0 Å². The third-order valence-corrected chi connectivity index (χ3v) is 4.04. The molecule has 0 saturated carbocycles. The molecule has 0 aromatic heterocycles. The summed E-state index contributed by atoms with van der Waals surface area (Å²) < 4.78 is 1.64. The summed E-state index contributed by atoms with van der Waals surface area (Å²) in [6.45, 7) is 4.52. The van der Waals surface area contributed by atoms with Crippen LogP contribution in [0.2, 0.25) is 0 Å². The van der Waals surface area contributed by atoms with Gasteiger partial charge < -0.3 is 0 Å². The van der Waals surface area contributed by atoms with Crippen molar-refractivity contribution in [2.45, 2.75) is 39.5 Å². The monoisotopic (exact) mass is 225 g/mol. The van der Waals surface area contributed by atoms with Crippen molar-refractivity contribution in [3.05, 3.63) is 20.5 Å². The molecule has 0 spiro atoms. The number of rotatable bonds is 3. The van der Waals surface area contributed by atoms with Crippen LogP contribution >= 0.6 is 0 Å². The fourth-order valence-corrected chi connectivity index (χ4v) is 2.16. The van der Waals surface area contributed by atoms with E-state index in [-0.39, 0.29) is 0 Å². The predicted octanol–water partition coefficient (Wildman–Crippen LogP) is 3.33. The molecule has 0 fully saturated rings. The van der Waals surface area contributed by atoms with Gasteiger partial charge in [0.25, 0.3) is 0 Å². The first-order valence-electron chi connectivity index (χ1n) is 4.36. The molecule has 1 aliphatic rings. The molecular weight excluding hydrogens is 211 g/mol. The van der Waals surface area contributed by atoms with Crippen LogP contribution in [-0.2, 0) is 24.7 Å². The number of hydrogen-bond acceptors (Lipinski definition) is 0. The van der Waals surface area contributed by atoms with Gasteiger partial charge in [-0.15, -0.1) is 0 Å². The molecule has 0 N–H and O–H groups in total. The summed E-state index contributed by atoms with van der Waals surface area (Å²) in [5.74, 6) is 0. The Morgan fingerprint density at radius 1 is 1.55 bits per heavy atom. The summed E-state index contributed by atoms with van der Waals surface area (Å²) in [6.07, 6.45) is 7.62. The molecule has 0 bridgehead atoms. The first-order valence-corrected chi connectivity index (χ1v) is 5.59. The Hall–Kier alpha value is 0.363. The Labute approximate surface area is 84.6 Å². The molecule has 1 rings (SSSR count). The first-order chi connectivity index (χ1) is 5.25. The third kappa shape index (κ3) is 2.40. The van der Waals surface area contributed by atoms with Crippen LogP contribution in [0.25, 0.3) is 0 Å². The zero-order valence-electron chi connectivity index (χ0n) is 7.41. The number of unbranched alkanes of at least 4 members (excludes halogenated alkanes) is 1. The summed E-state index contributed by atoms with van der Waals surface area (Å²) >= 11 is 1.60. The normalized spacial score (nSPS) is 17.4. The Morgan fingerprint density at radius 3 is 2.73 bits per heavy atom. The van der Waals surface area contributed by atoms with Gasteiger partial charge in [-0.1, -0.05) is 0 Å². The summed E-state index contributed by atoms with van der Waals surface area (Å²) in [5.41, 5.74) is 3.25. The van der Waals surface area contributed by atoms with Gasteiger partial charge >= 0.3 is 84.8 Å². The van der Waals surface area contributed by atoms with E-state index in [9.17, 15) is 0 Å². The van der Waals surface area contributed by atoms with Gasteiger partial charge in [0.15, 0.2) is 0 Å². The molecule has 0 aliphatic heterocycles. The second-order valence-corrected chi connectivity index (χ2v) is 4.42. The fourth-order valence-electron chi connectivity index (χ4n) is 1.35. The van der Waals surface area contributed by atoms with Crippen LogP contribution in [0.15, 0.2) is 20.5 Å². The van der Waals surface area contributed by atoms with E-state index in [4.69, 9.17) is 0 Å². The van der Waals surface area contributed by atoms with Gasteiger partial charge in [0.1, 0.15) is 0 Å². The molecule has 0 aromatic rings. The first kappa shape index (κ1) is 9.45. The number of hydrogen-bond donors (Lipinski definition) is 0. The molecule has 0 nitrogen and oxygen atoms in total. The van der Waals surface area contributed by atoms with E-state index in [0.717, 1.165) is 0 Å². The van der Waals surface area contributed by atoms with Gasteiger partial charge in [-0.3, -0.25) is 0 Å². The average molecular weight is 226 g/mol. The van der Waals surface area contributed by atoms with Crippen molar-refractivity contribution in [1.82, 2.24) is 0 Å². The van der Waals surface area contributed by atoms with Crippen LogP contribution < -0.4 is 0 Å². The zero-order chi connectivity index (χ0) is 8.27. The van der Waals surface area contributed by atoms with E-state index >= 15 is 0 Å². The number of allylic oxidation sites excluding steroid dienone is 4. The molecule has 0 atom stereocenters. The zero-order valence-corrected chi connectivity index (χ0v) is 9.86. The van der Waals surface area contributed by atoms with Crippen molar-refractivity contribution in [2.24, 2.45) is 0 Å². The van der Waals surface area contributed by atoms with Crippen molar-refractivity contribution in [3.63, 3.8) is 0 Å². The van der Waals surface area contributed by atoms with Crippen LogP contribution in [0.4, 0.5) is 0 Å². The van der Waals surface area contributed by atoms with Crippen molar-refractivity contribution < 1.29 is 24.7 Å². The van der Waals surface area contributed by atoms with Crippen molar-refractivity contribution in [3.8, 4) is 0 Å². The van der Waals surface area contributed by atoms with E-state index in [1.54, 1.807) is 39.1 Å². The molecule has 0 radical (unpaired) electrons. The van der Waals surface area contributed by atoms with Crippen LogP contribution in [-0.4, -0.2) is 0 Å². The molecule has 59 valence electrons. The topological polar surface area (TPSA) is 0 Å². The van der Waals surface area contributed by atoms with E-state index in [1.807, 2.05) is 0 Å². The van der Waals surface area contributed by atoms with Crippen LogP contribution in [0, 0.1) is 0 Å². The Bertz CT molecular complexity index is 199. The van der Waals surface area contributed by atoms with E-state index in [0.29, 0.717) is 0 Å². The second kappa shape index (κ2) is 4.40. The molecular formula is C10H15Zr. The Balaban J connectivity index is 2.48. The van der Waals surface area contributed by atoms with Crippen molar-refractivity contribution >= 4 is 0 Å². The molecule has 0 unspecified atom stereocenters. The van der Waals surface area contributed by atoms with Crippen LogP contribution in [0.3, 0.4) is 0 Å². The standard InChI is InChI=1S/C10H15.Zr/c1-3-4-5-10-7-6-9(2)8-10;/h7H,3-6H2,1-2H3;. The van der Waals surface area contributed by atoms with Gasteiger partial charge in [0.05, 0.1) is 0 Å². The van der Waals surface area contributed by atoms with E-state index in [2.05, 4.69) is 19.9 Å². The minimum absolute atomic E-state index is 1.22. The molecule has 0 amide bonds. The molecule has 0 heterocycles. The molecule has 0 saturated heterocycles. The summed E-state index contributed by atoms with van der Waals surface area (Å²) in [4.78, 5) is 0. The average Bonchev–Trinajstić information content (AvgIpc) is 2.31. The Morgan fingerprint density at radius 2 is 2.27 bits per heavy atom. The maximum atomic E-state index is 2.41. The van der Waals surface area contributed by atoms with E-state index in [1.165, 1.54) is 25.7 Å². The van der Waals surface area contributed by atoms with Crippen molar-refractivity contribution in [2.75, 3.05) is 0 Å². The van der Waals surface area contributed by atoms with Gasteiger partial charge in [0.2, 0.25) is 0 Å². The summed E-state index contributed by atoms with van der Waals surface area (Å²) in [6, 6.07) is 0. The third-order valence-electron chi connectivity index (χ3n) is 2.20. The van der Waals surface area contributed by atoms with Gasteiger partial charge in [-0.25, -0.2) is 0 Å². The maximum absolute atomic E-state index is 2.41. The van der Waals surface area contributed by atoms with Crippen LogP contribution in [0.5, 0.6) is 0 Å². The molecule has 1 heteroatoms. The quantitative estimate of drug-likeness (QED) is 0.692. The molecule has 0 aromatic carbocycles. The van der Waals surface area contributed by atoms with Crippen LogP contribution in [0.1, 0.15) is 39.5 Å². The second-order valence-electron chi connectivity index (χ2n) is 3.19. The SMILES string of the molecule is CCCCC1=CCC(C)=[C]1[Zr]. The van der Waals surface area contributed by atoms with Gasteiger partial charge in [-0.05, 0) is 0 Å². The molecule has 11 heavy (non-hydrogen) atoms. The summed E-state index contributed by atoms with van der Waals surface area (Å²) in [7, 11) is 0. The fraction of sp³-hybridized carbons (Fsp3) is 0.600. The van der Waals surface area contributed by atoms with Gasteiger partial charge in [0, 0.05) is 0 Å². The minimum atomic E-state index is 1.22. The summed E-state index contributed by atoms with van der Waals surface area (Å²) in [5, 5.41) is 0. The molecule has 1 aliphatic carbocycles. The van der Waals surface area contributed by atoms with E-state index < -0.39 is 0 Å².